The SMILES string of the molecule is O=C(c1cccn2c(=O)c3sccc3nc12)N1CCC2(CC1)OCCO2. The van der Waals surface area contributed by atoms with E-state index in [-0.39, 0.29) is 11.5 Å². The molecule has 0 aromatic carbocycles. The minimum Gasteiger partial charge on any atom is -0.347 e. The topological polar surface area (TPSA) is 73.1 Å². The van der Waals surface area contributed by atoms with Gasteiger partial charge in [0.2, 0.25) is 0 Å². The number of amides is 1. The van der Waals surface area contributed by atoms with Crippen molar-refractivity contribution in [1.29, 1.82) is 0 Å². The number of aromatic nitrogens is 2. The highest BCUT2D eigenvalue weighted by Crippen LogP contribution is 2.32. The zero-order chi connectivity index (χ0) is 17.7. The Morgan fingerprint density at radius 1 is 1.19 bits per heavy atom. The predicted molar refractivity (Wildman–Crippen MR) is 96.6 cm³/mol. The van der Waals surface area contributed by atoms with Crippen molar-refractivity contribution in [3.63, 3.8) is 0 Å². The van der Waals surface area contributed by atoms with Crippen molar-refractivity contribution >= 4 is 33.1 Å². The van der Waals surface area contributed by atoms with Gasteiger partial charge in [0.25, 0.3) is 11.5 Å². The van der Waals surface area contributed by atoms with Crippen molar-refractivity contribution in [2.24, 2.45) is 0 Å². The maximum Gasteiger partial charge on any atom is 0.275 e. The van der Waals surface area contributed by atoms with Crippen LogP contribution in [0.25, 0.3) is 15.9 Å². The molecule has 3 aromatic rings. The number of piperidine rings is 1. The Labute approximate surface area is 152 Å². The summed E-state index contributed by atoms with van der Waals surface area (Å²) in [5.74, 6) is -0.634. The normalized spacial score (nSPS) is 19.6. The lowest BCUT2D eigenvalue weighted by atomic mass is 10.0. The summed E-state index contributed by atoms with van der Waals surface area (Å²) in [5, 5.41) is 1.84. The first-order valence-corrected chi connectivity index (χ1v) is 9.51. The average Bonchev–Trinajstić information content (AvgIpc) is 3.32. The lowest BCUT2D eigenvalue weighted by Gasteiger charge is -2.37. The van der Waals surface area contributed by atoms with Gasteiger partial charge in [0.15, 0.2) is 11.4 Å². The van der Waals surface area contributed by atoms with Crippen LogP contribution in [0.5, 0.6) is 0 Å². The van der Waals surface area contributed by atoms with Crippen LogP contribution in [-0.4, -0.2) is 52.3 Å². The van der Waals surface area contributed by atoms with E-state index in [1.165, 1.54) is 15.7 Å². The molecule has 2 aliphatic heterocycles. The second-order valence-corrected chi connectivity index (χ2v) is 7.48. The van der Waals surface area contributed by atoms with E-state index in [0.717, 1.165) is 0 Å². The van der Waals surface area contributed by atoms with E-state index in [1.54, 1.807) is 23.2 Å². The Morgan fingerprint density at radius 2 is 1.96 bits per heavy atom. The van der Waals surface area contributed by atoms with Crippen LogP contribution in [0.4, 0.5) is 0 Å². The van der Waals surface area contributed by atoms with Gasteiger partial charge in [0, 0.05) is 32.1 Å². The summed E-state index contributed by atoms with van der Waals surface area (Å²) >= 11 is 1.36. The summed E-state index contributed by atoms with van der Waals surface area (Å²) in [6.07, 6.45) is 2.98. The van der Waals surface area contributed by atoms with Crippen molar-refractivity contribution in [3.05, 3.63) is 45.7 Å². The first kappa shape index (κ1) is 15.9. The lowest BCUT2D eigenvalue weighted by Crippen LogP contribution is -2.47. The van der Waals surface area contributed by atoms with Gasteiger partial charge in [-0.1, -0.05) is 0 Å². The van der Waals surface area contributed by atoms with Crippen molar-refractivity contribution in [2.75, 3.05) is 26.3 Å². The van der Waals surface area contributed by atoms with Gasteiger partial charge in [-0.2, -0.15) is 0 Å². The molecule has 7 nitrogen and oxygen atoms in total. The molecular formula is C18H17N3O4S. The van der Waals surface area contributed by atoms with Crippen LogP contribution in [0.15, 0.2) is 34.6 Å². The minimum absolute atomic E-state index is 0.113. The Hall–Kier alpha value is -2.29. The van der Waals surface area contributed by atoms with Gasteiger partial charge in [-0.3, -0.25) is 14.0 Å². The van der Waals surface area contributed by atoms with E-state index >= 15 is 0 Å². The number of thiophene rings is 1. The van der Waals surface area contributed by atoms with Crippen LogP contribution in [0.3, 0.4) is 0 Å². The van der Waals surface area contributed by atoms with Crippen LogP contribution in [-0.2, 0) is 9.47 Å². The molecule has 3 aromatic heterocycles. The fourth-order valence-electron chi connectivity index (χ4n) is 3.73. The standard InChI is InChI=1S/C18H17N3O4S/c22-16(20-7-4-18(5-8-20)24-9-10-25-18)12-2-1-6-21-15(12)19-13-3-11-26-14(13)17(21)23/h1-3,6,11H,4-5,7-10H2. The number of hydrogen-bond acceptors (Lipinski definition) is 6. The second kappa shape index (κ2) is 5.87. The highest BCUT2D eigenvalue weighted by atomic mass is 32.1. The number of carbonyl (C=O) groups excluding carboxylic acids is 1. The number of rotatable bonds is 1. The molecule has 1 spiro atoms. The van der Waals surface area contributed by atoms with E-state index in [2.05, 4.69) is 4.98 Å². The molecule has 134 valence electrons. The summed E-state index contributed by atoms with van der Waals surface area (Å²) in [4.78, 5) is 32.1. The highest BCUT2D eigenvalue weighted by Gasteiger charge is 2.41. The van der Waals surface area contributed by atoms with Crippen LogP contribution in [0.1, 0.15) is 23.2 Å². The number of hydrogen-bond donors (Lipinski definition) is 0. The number of likely N-dealkylation sites (tertiary alicyclic amines) is 1. The molecule has 0 unspecified atom stereocenters. The lowest BCUT2D eigenvalue weighted by molar-refractivity contribution is -0.181. The zero-order valence-electron chi connectivity index (χ0n) is 14.0. The summed E-state index contributed by atoms with van der Waals surface area (Å²) in [5.41, 5.74) is 1.34. The van der Waals surface area contributed by atoms with Gasteiger partial charge in [0.1, 0.15) is 4.70 Å². The molecular weight excluding hydrogens is 354 g/mol. The molecule has 2 aliphatic rings. The summed E-state index contributed by atoms with van der Waals surface area (Å²) in [6.45, 7) is 2.34. The van der Waals surface area contributed by atoms with Crippen molar-refractivity contribution in [1.82, 2.24) is 14.3 Å². The number of nitrogens with zero attached hydrogens (tertiary/aromatic N) is 3. The van der Waals surface area contributed by atoms with Gasteiger partial charge in [-0.05, 0) is 23.6 Å². The third-order valence-corrected chi connectivity index (χ3v) is 6.00. The second-order valence-electron chi connectivity index (χ2n) is 6.57. The fraction of sp³-hybridized carbons (Fsp3) is 0.389. The maximum absolute atomic E-state index is 13.1. The summed E-state index contributed by atoms with van der Waals surface area (Å²) in [6, 6.07) is 5.26. The molecule has 0 bridgehead atoms. The van der Waals surface area contributed by atoms with E-state index in [9.17, 15) is 9.59 Å². The van der Waals surface area contributed by atoms with Crippen molar-refractivity contribution in [2.45, 2.75) is 18.6 Å². The highest BCUT2D eigenvalue weighted by molar-refractivity contribution is 7.17. The quantitative estimate of drug-likeness (QED) is 0.653. The third kappa shape index (κ3) is 2.37. The Bertz CT molecular complexity index is 1060. The molecule has 0 atom stereocenters. The average molecular weight is 371 g/mol. The van der Waals surface area contributed by atoms with Gasteiger partial charge in [0.05, 0.1) is 24.3 Å². The molecule has 5 rings (SSSR count). The smallest absolute Gasteiger partial charge is 0.275 e. The Balaban J connectivity index is 1.51. The van der Waals surface area contributed by atoms with Gasteiger partial charge in [-0.25, -0.2) is 4.98 Å². The van der Waals surface area contributed by atoms with Crippen molar-refractivity contribution < 1.29 is 14.3 Å². The van der Waals surface area contributed by atoms with E-state index in [1.807, 2.05) is 11.4 Å². The Morgan fingerprint density at radius 3 is 2.73 bits per heavy atom. The predicted octanol–water partition coefficient (Wildman–Crippen LogP) is 1.89. The van der Waals surface area contributed by atoms with Gasteiger partial charge in [-0.15, -0.1) is 11.3 Å². The molecule has 5 heterocycles. The summed E-state index contributed by atoms with van der Waals surface area (Å²) < 4.78 is 13.5. The third-order valence-electron chi connectivity index (χ3n) is 5.11. The zero-order valence-corrected chi connectivity index (χ0v) is 14.8. The number of carbonyl (C=O) groups is 1. The largest absolute Gasteiger partial charge is 0.347 e. The fourth-order valence-corrected chi connectivity index (χ4v) is 4.49. The van der Waals surface area contributed by atoms with Crippen molar-refractivity contribution in [3.8, 4) is 0 Å². The van der Waals surface area contributed by atoms with Gasteiger partial charge < -0.3 is 14.4 Å². The van der Waals surface area contributed by atoms with Crippen LogP contribution < -0.4 is 5.56 Å². The molecule has 0 aliphatic carbocycles. The van der Waals surface area contributed by atoms with Crippen LogP contribution >= 0.6 is 11.3 Å². The van der Waals surface area contributed by atoms with Gasteiger partial charge >= 0.3 is 0 Å². The summed E-state index contributed by atoms with van der Waals surface area (Å²) in [7, 11) is 0. The molecule has 0 saturated carbocycles. The first-order chi connectivity index (χ1) is 12.7. The number of ether oxygens (including phenoxy) is 2. The van der Waals surface area contributed by atoms with E-state index in [4.69, 9.17) is 9.47 Å². The number of fused-ring (bicyclic) bond motifs is 2. The Kier molecular flexibility index (Phi) is 3.59. The monoisotopic (exact) mass is 371 g/mol. The molecule has 0 radical (unpaired) electrons. The minimum atomic E-state index is -0.520. The first-order valence-electron chi connectivity index (χ1n) is 8.63. The van der Waals surface area contributed by atoms with Crippen LogP contribution in [0.2, 0.25) is 0 Å². The van der Waals surface area contributed by atoms with E-state index in [0.29, 0.717) is 60.6 Å². The molecule has 1 amide bonds. The van der Waals surface area contributed by atoms with E-state index < -0.39 is 5.79 Å². The molecule has 2 saturated heterocycles. The molecule has 2 fully saturated rings. The maximum atomic E-state index is 13.1. The number of pyridine rings is 1. The van der Waals surface area contributed by atoms with Crippen LogP contribution in [0, 0.1) is 0 Å². The molecule has 0 N–H and O–H groups in total. The molecule has 8 heteroatoms. The molecule has 26 heavy (non-hydrogen) atoms.